The third kappa shape index (κ3) is 18.7. The molecule has 0 aromatic heterocycles. The molecular weight excluding hydrogens is 368 g/mol. The maximum absolute atomic E-state index is 2.58. The van der Waals surface area contributed by atoms with Crippen molar-refractivity contribution in [1.82, 2.24) is 0 Å². The fourth-order valence-electron chi connectivity index (χ4n) is 3.56. The van der Waals surface area contributed by atoms with Gasteiger partial charge in [0.05, 0.1) is 0 Å². The highest BCUT2D eigenvalue weighted by molar-refractivity contribution is 6.77. The van der Waals surface area contributed by atoms with Crippen LogP contribution in [0, 0.1) is 0 Å². The predicted molar refractivity (Wildman–Crippen MR) is 139 cm³/mol. The Hall–Kier alpha value is -0.606. The van der Waals surface area contributed by atoms with E-state index in [1.165, 1.54) is 61.8 Å². The van der Waals surface area contributed by atoms with Crippen LogP contribution in [-0.2, 0) is 0 Å². The summed E-state index contributed by atoms with van der Waals surface area (Å²) in [6.07, 6.45) is 17.3. The van der Waals surface area contributed by atoms with Crippen LogP contribution in [-0.4, -0.2) is 16.1 Å². The quantitative estimate of drug-likeness (QED) is 0.158. The van der Waals surface area contributed by atoms with Gasteiger partial charge in [0.1, 0.15) is 0 Å². The highest BCUT2D eigenvalue weighted by Crippen LogP contribution is 2.24. The van der Waals surface area contributed by atoms with Gasteiger partial charge in [0.25, 0.3) is 0 Å². The molecule has 2 heteroatoms. The average Bonchev–Trinajstić information content (AvgIpc) is 2.47. The van der Waals surface area contributed by atoms with Gasteiger partial charge in [0.2, 0.25) is 0 Å². The summed E-state index contributed by atoms with van der Waals surface area (Å²) < 4.78 is 0. The molecule has 0 saturated carbocycles. The van der Waals surface area contributed by atoms with E-state index < -0.39 is 16.1 Å². The smallest absolute Gasteiger partial charge is 0.0483 e. The first-order valence-electron chi connectivity index (χ1n) is 11.4. The zero-order chi connectivity index (χ0) is 21.8. The van der Waals surface area contributed by atoms with Gasteiger partial charge in [-0.15, -0.1) is 0 Å². The summed E-state index contributed by atoms with van der Waals surface area (Å²) in [6.45, 7) is 23.8. The van der Waals surface area contributed by atoms with Crippen LogP contribution in [0.4, 0.5) is 0 Å². The molecule has 0 N–H and O–H groups in total. The second-order valence-corrected chi connectivity index (χ2v) is 22.4. The molecular formula is C26H50Si2. The Morgan fingerprint density at radius 1 is 0.500 bits per heavy atom. The van der Waals surface area contributed by atoms with E-state index in [0.717, 1.165) is 0 Å². The van der Waals surface area contributed by atoms with E-state index >= 15 is 0 Å². The van der Waals surface area contributed by atoms with Gasteiger partial charge in [-0.2, -0.15) is 0 Å². The molecule has 0 saturated heterocycles. The van der Waals surface area contributed by atoms with Crippen LogP contribution in [0.25, 0.3) is 0 Å². The lowest BCUT2D eigenvalue weighted by molar-refractivity contribution is 0.909. The van der Waals surface area contributed by atoms with E-state index in [-0.39, 0.29) is 0 Å². The van der Waals surface area contributed by atoms with Gasteiger partial charge >= 0.3 is 0 Å². The minimum absolute atomic E-state index is 1.04. The predicted octanol–water partition coefficient (Wildman–Crippen LogP) is 9.79. The van der Waals surface area contributed by atoms with Crippen molar-refractivity contribution >= 4 is 16.1 Å². The van der Waals surface area contributed by atoms with E-state index in [1.54, 1.807) is 11.1 Å². The molecule has 0 aliphatic heterocycles. The standard InChI is InChI=1S/C26H50Si2/c1-23(2)15-13-19-25(21-27(5,6)7)17-11-12-18-26(22-28(8,9)10)20-14-16-24(3)4/h15-18H,11-14,19-22H2,1-10H3. The molecule has 0 amide bonds. The Morgan fingerprint density at radius 3 is 1.07 bits per heavy atom. The zero-order valence-corrected chi connectivity index (χ0v) is 23.0. The van der Waals surface area contributed by atoms with Gasteiger partial charge in [0, 0.05) is 16.1 Å². The number of hydrogen-bond donors (Lipinski definition) is 0. The molecule has 0 aliphatic rings. The van der Waals surface area contributed by atoms with Crippen LogP contribution in [0.3, 0.4) is 0 Å². The Labute approximate surface area is 180 Å². The van der Waals surface area contributed by atoms with Crippen molar-refractivity contribution in [2.45, 2.75) is 118 Å². The summed E-state index contributed by atoms with van der Waals surface area (Å²) in [5.74, 6) is 0. The maximum Gasteiger partial charge on any atom is 0.0483 e. The largest absolute Gasteiger partial charge is 0.0856 e. The van der Waals surface area contributed by atoms with E-state index in [1.807, 2.05) is 0 Å². The minimum Gasteiger partial charge on any atom is -0.0856 e. The molecule has 162 valence electrons. The molecule has 0 nitrogen and oxygen atoms in total. The molecule has 0 aromatic rings. The molecule has 0 heterocycles. The monoisotopic (exact) mass is 418 g/mol. The van der Waals surface area contributed by atoms with Crippen molar-refractivity contribution in [1.29, 1.82) is 0 Å². The van der Waals surface area contributed by atoms with E-state index in [0.29, 0.717) is 0 Å². The summed E-state index contributed by atoms with van der Waals surface area (Å²) in [5, 5.41) is 0. The van der Waals surface area contributed by atoms with E-state index in [9.17, 15) is 0 Å². The fourth-order valence-corrected chi connectivity index (χ4v) is 6.92. The Balaban J connectivity index is 4.96. The van der Waals surface area contributed by atoms with Crippen LogP contribution in [0.5, 0.6) is 0 Å². The highest BCUT2D eigenvalue weighted by atomic mass is 28.3. The third-order valence-corrected chi connectivity index (χ3v) is 7.61. The number of unbranched alkanes of at least 4 members (excludes halogenated alkanes) is 1. The van der Waals surface area contributed by atoms with Gasteiger partial charge in [-0.25, -0.2) is 0 Å². The average molecular weight is 419 g/mol. The van der Waals surface area contributed by atoms with Crippen LogP contribution in [0.1, 0.15) is 66.2 Å². The fraction of sp³-hybridized carbons (Fsp3) is 0.692. The van der Waals surface area contributed by atoms with Crippen LogP contribution >= 0.6 is 0 Å². The summed E-state index contributed by atoms with van der Waals surface area (Å²) in [6, 6.07) is 2.71. The summed E-state index contributed by atoms with van der Waals surface area (Å²) in [5.41, 5.74) is 6.31. The van der Waals surface area contributed by atoms with Crippen molar-refractivity contribution in [3.05, 3.63) is 46.6 Å². The van der Waals surface area contributed by atoms with Gasteiger partial charge in [0.15, 0.2) is 0 Å². The van der Waals surface area contributed by atoms with Crippen molar-refractivity contribution in [2.24, 2.45) is 0 Å². The Kier molecular flexibility index (Phi) is 13.3. The molecule has 0 rings (SSSR count). The lowest BCUT2D eigenvalue weighted by atomic mass is 10.1. The SMILES string of the molecule is CC(C)=CCCC(=CCCC=C(CCC=C(C)C)C[Si](C)(C)C)C[Si](C)(C)C. The van der Waals surface area contributed by atoms with Crippen molar-refractivity contribution in [2.75, 3.05) is 0 Å². The first-order valence-corrected chi connectivity index (χ1v) is 18.8. The summed E-state index contributed by atoms with van der Waals surface area (Å²) >= 11 is 0. The number of rotatable bonds is 13. The second-order valence-electron chi connectivity index (χ2n) is 11.4. The van der Waals surface area contributed by atoms with Gasteiger partial charge in [-0.1, -0.05) is 85.9 Å². The first kappa shape index (κ1) is 27.4. The summed E-state index contributed by atoms with van der Waals surface area (Å²) in [7, 11) is -2.09. The van der Waals surface area contributed by atoms with Crippen molar-refractivity contribution in [3.63, 3.8) is 0 Å². The molecule has 0 unspecified atom stereocenters. The first-order chi connectivity index (χ1) is 12.8. The van der Waals surface area contributed by atoms with E-state index in [2.05, 4.69) is 91.3 Å². The lowest BCUT2D eigenvalue weighted by Crippen LogP contribution is -2.20. The molecule has 0 radical (unpaired) electrons. The number of hydrogen-bond acceptors (Lipinski definition) is 0. The maximum atomic E-state index is 2.58. The van der Waals surface area contributed by atoms with Crippen molar-refractivity contribution in [3.8, 4) is 0 Å². The minimum atomic E-state index is -1.04. The summed E-state index contributed by atoms with van der Waals surface area (Å²) in [4.78, 5) is 0. The van der Waals surface area contributed by atoms with Crippen LogP contribution in [0.2, 0.25) is 51.4 Å². The molecule has 0 atom stereocenters. The topological polar surface area (TPSA) is 0 Å². The second kappa shape index (κ2) is 13.6. The molecule has 0 fully saturated rings. The normalized spacial score (nSPS) is 13.5. The van der Waals surface area contributed by atoms with Crippen molar-refractivity contribution < 1.29 is 0 Å². The molecule has 0 aliphatic carbocycles. The van der Waals surface area contributed by atoms with Gasteiger partial charge < -0.3 is 0 Å². The van der Waals surface area contributed by atoms with Crippen LogP contribution < -0.4 is 0 Å². The Morgan fingerprint density at radius 2 is 0.821 bits per heavy atom. The molecule has 0 aromatic carbocycles. The van der Waals surface area contributed by atoms with Crippen LogP contribution in [0.15, 0.2) is 46.6 Å². The third-order valence-electron chi connectivity index (χ3n) is 4.58. The zero-order valence-electron chi connectivity index (χ0n) is 21.0. The van der Waals surface area contributed by atoms with Gasteiger partial charge in [-0.05, 0) is 78.3 Å². The lowest BCUT2D eigenvalue weighted by Gasteiger charge is -2.19. The molecule has 0 bridgehead atoms. The molecule has 28 heavy (non-hydrogen) atoms. The number of allylic oxidation sites excluding steroid dienone is 8. The van der Waals surface area contributed by atoms with Gasteiger partial charge in [-0.3, -0.25) is 0 Å². The molecule has 0 spiro atoms. The highest BCUT2D eigenvalue weighted by Gasteiger charge is 2.16. The van der Waals surface area contributed by atoms with E-state index in [4.69, 9.17) is 0 Å². The Bertz CT molecular complexity index is 500.